The van der Waals surface area contributed by atoms with Crippen LogP contribution in [0.15, 0.2) is 0 Å². The largest absolute Gasteiger partial charge is 0.472 e. The SMILES string of the molecule is CC[C@H]1C(OP(=O)(O)OC[C@H]2O[C@@H](C)CC2O)[C@@H](CO)O[C@H]1C. The van der Waals surface area contributed by atoms with Crippen LogP contribution >= 0.6 is 7.82 Å². The van der Waals surface area contributed by atoms with Gasteiger partial charge < -0.3 is 24.6 Å². The lowest BCUT2D eigenvalue weighted by molar-refractivity contribution is -0.0354. The molecule has 0 aromatic carbocycles. The van der Waals surface area contributed by atoms with Gasteiger partial charge in [-0.25, -0.2) is 4.57 Å². The van der Waals surface area contributed by atoms with E-state index in [1.165, 1.54) is 0 Å². The summed E-state index contributed by atoms with van der Waals surface area (Å²) >= 11 is 0. The molecule has 136 valence electrons. The molecule has 0 aromatic rings. The lowest BCUT2D eigenvalue weighted by atomic mass is 9.95. The summed E-state index contributed by atoms with van der Waals surface area (Å²) in [6, 6.07) is 0. The maximum absolute atomic E-state index is 12.2. The number of aliphatic hydroxyl groups excluding tert-OH is 2. The van der Waals surface area contributed by atoms with Crippen molar-refractivity contribution in [1.29, 1.82) is 0 Å². The van der Waals surface area contributed by atoms with Gasteiger partial charge in [0.1, 0.15) is 18.3 Å². The summed E-state index contributed by atoms with van der Waals surface area (Å²) < 4.78 is 33.4. The van der Waals surface area contributed by atoms with Gasteiger partial charge in [-0.2, -0.15) is 0 Å². The number of rotatable bonds is 7. The quantitative estimate of drug-likeness (QED) is 0.576. The average Bonchev–Trinajstić information content (AvgIpc) is 2.95. The minimum Gasteiger partial charge on any atom is -0.394 e. The summed E-state index contributed by atoms with van der Waals surface area (Å²) in [5, 5.41) is 19.1. The molecule has 8 atom stereocenters. The Balaban J connectivity index is 1.92. The van der Waals surface area contributed by atoms with E-state index in [1.54, 1.807) is 0 Å². The number of phosphoric acid groups is 1. The van der Waals surface area contributed by atoms with E-state index in [0.29, 0.717) is 12.8 Å². The van der Waals surface area contributed by atoms with Crippen LogP contribution in [0.5, 0.6) is 0 Å². The van der Waals surface area contributed by atoms with Crippen LogP contribution in [0.25, 0.3) is 0 Å². The Kier molecular flexibility index (Phi) is 6.61. The molecule has 0 aromatic heterocycles. The van der Waals surface area contributed by atoms with Crippen molar-refractivity contribution in [3.8, 4) is 0 Å². The van der Waals surface area contributed by atoms with Crippen molar-refractivity contribution in [2.24, 2.45) is 5.92 Å². The summed E-state index contributed by atoms with van der Waals surface area (Å²) in [5.41, 5.74) is 0. The van der Waals surface area contributed by atoms with Gasteiger partial charge in [-0.15, -0.1) is 0 Å². The van der Waals surface area contributed by atoms with E-state index in [2.05, 4.69) is 0 Å². The molecule has 0 saturated carbocycles. The lowest BCUT2D eigenvalue weighted by Gasteiger charge is -2.25. The van der Waals surface area contributed by atoms with Crippen LogP contribution in [0.4, 0.5) is 0 Å². The average molecular weight is 354 g/mol. The van der Waals surface area contributed by atoms with Crippen molar-refractivity contribution in [2.75, 3.05) is 13.2 Å². The predicted molar refractivity (Wildman–Crippen MR) is 80.8 cm³/mol. The molecule has 23 heavy (non-hydrogen) atoms. The summed E-state index contributed by atoms with van der Waals surface area (Å²) in [4.78, 5) is 9.94. The third-order valence-electron chi connectivity index (χ3n) is 4.50. The molecular weight excluding hydrogens is 327 g/mol. The molecule has 0 aliphatic carbocycles. The third kappa shape index (κ3) is 4.74. The molecule has 2 fully saturated rings. The Bertz CT molecular complexity index is 433. The van der Waals surface area contributed by atoms with Gasteiger partial charge in [-0.05, 0) is 20.3 Å². The second kappa shape index (κ2) is 7.89. The highest BCUT2D eigenvalue weighted by atomic mass is 31.2. The molecule has 2 aliphatic heterocycles. The minimum atomic E-state index is -4.35. The van der Waals surface area contributed by atoms with Crippen molar-refractivity contribution < 1.29 is 38.2 Å². The van der Waals surface area contributed by atoms with Crippen LogP contribution in [-0.2, 0) is 23.1 Å². The standard InChI is InChI=1S/C14H27O8P/c1-4-10-9(3)21-12(6-15)14(10)22-23(17,18)19-7-13-11(16)5-8(2)20-13/h8-16H,4-7H2,1-3H3,(H,17,18)/t8-,9-,10+,11?,12+,13+,14?/m0/s1. The summed E-state index contributed by atoms with van der Waals surface area (Å²) in [6.45, 7) is 5.05. The van der Waals surface area contributed by atoms with Crippen molar-refractivity contribution in [3.63, 3.8) is 0 Å². The van der Waals surface area contributed by atoms with Crippen LogP contribution in [0, 0.1) is 5.92 Å². The van der Waals surface area contributed by atoms with E-state index < -0.39 is 32.2 Å². The van der Waals surface area contributed by atoms with Crippen molar-refractivity contribution in [3.05, 3.63) is 0 Å². The molecule has 2 heterocycles. The number of ether oxygens (including phenoxy) is 2. The first kappa shape index (κ1) is 19.3. The molecule has 0 bridgehead atoms. The molecule has 9 heteroatoms. The van der Waals surface area contributed by atoms with Gasteiger partial charge in [0.25, 0.3) is 0 Å². The van der Waals surface area contributed by atoms with E-state index in [-0.39, 0.29) is 31.3 Å². The molecule has 2 rings (SSSR count). The number of hydrogen-bond donors (Lipinski definition) is 3. The summed E-state index contributed by atoms with van der Waals surface area (Å²) in [5.74, 6) is -0.107. The first-order valence-corrected chi connectivity index (χ1v) is 9.52. The highest BCUT2D eigenvalue weighted by molar-refractivity contribution is 7.47. The third-order valence-corrected chi connectivity index (χ3v) is 5.48. The van der Waals surface area contributed by atoms with E-state index in [9.17, 15) is 19.7 Å². The Hall–Kier alpha value is -0.0500. The summed E-state index contributed by atoms with van der Waals surface area (Å²) in [6.07, 6.45) is -1.91. The molecule has 2 saturated heterocycles. The first-order chi connectivity index (χ1) is 10.8. The van der Waals surface area contributed by atoms with E-state index in [1.807, 2.05) is 20.8 Å². The zero-order chi connectivity index (χ0) is 17.2. The van der Waals surface area contributed by atoms with E-state index in [4.69, 9.17) is 18.5 Å². The Morgan fingerprint density at radius 2 is 1.96 bits per heavy atom. The van der Waals surface area contributed by atoms with Crippen molar-refractivity contribution in [2.45, 2.75) is 70.2 Å². The zero-order valence-corrected chi connectivity index (χ0v) is 14.6. The van der Waals surface area contributed by atoms with Crippen LogP contribution in [0.2, 0.25) is 0 Å². The summed E-state index contributed by atoms with van der Waals surface area (Å²) in [7, 11) is -4.35. The second-order valence-corrected chi connectivity index (χ2v) is 7.66. The van der Waals surface area contributed by atoms with Crippen LogP contribution in [0.3, 0.4) is 0 Å². The highest BCUT2D eigenvalue weighted by Gasteiger charge is 2.46. The molecule has 3 unspecified atom stereocenters. The Morgan fingerprint density at radius 3 is 2.48 bits per heavy atom. The molecule has 2 aliphatic rings. The molecule has 3 N–H and O–H groups in total. The fraction of sp³-hybridized carbons (Fsp3) is 1.00. The molecular formula is C14H27O8P. The molecule has 0 amide bonds. The van der Waals surface area contributed by atoms with Crippen molar-refractivity contribution in [1.82, 2.24) is 0 Å². The first-order valence-electron chi connectivity index (χ1n) is 8.03. The normalized spacial score (nSPS) is 43.7. The number of aliphatic hydroxyl groups is 2. The Labute approximate surface area is 136 Å². The van der Waals surface area contributed by atoms with Gasteiger partial charge in [0, 0.05) is 12.3 Å². The van der Waals surface area contributed by atoms with Gasteiger partial charge in [0.05, 0.1) is 31.5 Å². The van der Waals surface area contributed by atoms with E-state index in [0.717, 1.165) is 0 Å². The van der Waals surface area contributed by atoms with Crippen LogP contribution in [0.1, 0.15) is 33.6 Å². The smallest absolute Gasteiger partial charge is 0.394 e. The number of hydrogen-bond acceptors (Lipinski definition) is 7. The van der Waals surface area contributed by atoms with Gasteiger partial charge in [-0.3, -0.25) is 9.05 Å². The fourth-order valence-electron chi connectivity index (χ4n) is 3.29. The predicted octanol–water partition coefficient (Wildman–Crippen LogP) is 0.833. The maximum Gasteiger partial charge on any atom is 0.472 e. The molecule has 0 spiro atoms. The maximum atomic E-state index is 12.2. The Morgan fingerprint density at radius 1 is 1.26 bits per heavy atom. The lowest BCUT2D eigenvalue weighted by Crippen LogP contribution is -2.32. The highest BCUT2D eigenvalue weighted by Crippen LogP contribution is 2.49. The fourth-order valence-corrected chi connectivity index (χ4v) is 4.29. The monoisotopic (exact) mass is 354 g/mol. The van der Waals surface area contributed by atoms with Crippen LogP contribution in [-0.4, -0.2) is 64.9 Å². The molecule has 0 radical (unpaired) electrons. The van der Waals surface area contributed by atoms with Gasteiger partial charge in [-0.1, -0.05) is 6.92 Å². The number of phosphoric ester groups is 1. The van der Waals surface area contributed by atoms with Gasteiger partial charge in [0.15, 0.2) is 0 Å². The zero-order valence-electron chi connectivity index (χ0n) is 13.7. The topological polar surface area (TPSA) is 115 Å². The van der Waals surface area contributed by atoms with Crippen molar-refractivity contribution >= 4 is 7.82 Å². The van der Waals surface area contributed by atoms with Gasteiger partial charge >= 0.3 is 7.82 Å². The van der Waals surface area contributed by atoms with E-state index >= 15 is 0 Å². The minimum absolute atomic E-state index is 0.107. The van der Waals surface area contributed by atoms with Gasteiger partial charge in [0.2, 0.25) is 0 Å². The second-order valence-electron chi connectivity index (χ2n) is 6.26. The molecule has 8 nitrogen and oxygen atoms in total. The van der Waals surface area contributed by atoms with Crippen LogP contribution < -0.4 is 0 Å².